The van der Waals surface area contributed by atoms with Crippen LogP contribution in [0.15, 0.2) is 0 Å². The molecule has 0 aliphatic carbocycles. The van der Waals surface area contributed by atoms with Gasteiger partial charge in [-0.2, -0.15) is 0 Å². The summed E-state index contributed by atoms with van der Waals surface area (Å²) in [5.74, 6) is 0.202. The first kappa shape index (κ1) is 15.9. The molecule has 1 rings (SSSR count). The highest BCUT2D eigenvalue weighted by atomic mass is 16.3. The zero-order valence-electron chi connectivity index (χ0n) is 11.8. The molecule has 1 heterocycles. The van der Waals surface area contributed by atoms with E-state index in [1.165, 1.54) is 0 Å². The Kier molecular flexibility index (Phi) is 6.80. The van der Waals surface area contributed by atoms with E-state index in [9.17, 15) is 9.59 Å². The van der Waals surface area contributed by atoms with Crippen molar-refractivity contribution in [2.24, 2.45) is 5.92 Å². The highest BCUT2D eigenvalue weighted by molar-refractivity contribution is 5.95. The van der Waals surface area contributed by atoms with E-state index in [1.807, 2.05) is 4.90 Å². The van der Waals surface area contributed by atoms with E-state index in [0.29, 0.717) is 12.5 Å². The normalized spacial score (nSPS) is 19.7. The summed E-state index contributed by atoms with van der Waals surface area (Å²) in [4.78, 5) is 25.0. The highest BCUT2D eigenvalue weighted by Crippen LogP contribution is 2.15. The molecule has 6 heteroatoms. The predicted octanol–water partition coefficient (Wildman–Crippen LogP) is 0.315. The van der Waals surface area contributed by atoms with Crippen LogP contribution in [0.4, 0.5) is 4.79 Å². The van der Waals surface area contributed by atoms with Gasteiger partial charge in [0.05, 0.1) is 13.2 Å². The van der Waals surface area contributed by atoms with Gasteiger partial charge in [-0.25, -0.2) is 4.79 Å². The maximum atomic E-state index is 11.7. The molecular weight excluding hydrogens is 246 g/mol. The first-order valence-corrected chi connectivity index (χ1v) is 6.95. The molecule has 1 fully saturated rings. The number of aliphatic hydroxyl groups excluding tert-OH is 1. The molecule has 6 nitrogen and oxygen atoms in total. The smallest absolute Gasteiger partial charge is 0.321 e. The Balaban J connectivity index is 2.21. The van der Waals surface area contributed by atoms with Crippen LogP contribution in [0.3, 0.4) is 0 Å². The van der Waals surface area contributed by atoms with Crippen molar-refractivity contribution in [3.63, 3.8) is 0 Å². The average Bonchev–Trinajstić information content (AvgIpc) is 2.75. The van der Waals surface area contributed by atoms with Crippen LogP contribution in [0.2, 0.25) is 0 Å². The van der Waals surface area contributed by atoms with Crippen molar-refractivity contribution in [3.8, 4) is 0 Å². The van der Waals surface area contributed by atoms with Crippen molar-refractivity contribution in [3.05, 3.63) is 0 Å². The molecule has 0 aromatic carbocycles. The SMILES string of the molecule is CC(C)CCNC(=O)NC(=O)CN1CCC[C@H]1CO. The van der Waals surface area contributed by atoms with Crippen molar-refractivity contribution in [2.45, 2.75) is 39.2 Å². The minimum atomic E-state index is -0.439. The molecule has 110 valence electrons. The Morgan fingerprint density at radius 2 is 2.16 bits per heavy atom. The molecule has 1 aliphatic rings. The van der Waals surface area contributed by atoms with Gasteiger partial charge in [0.15, 0.2) is 0 Å². The minimum Gasteiger partial charge on any atom is -0.395 e. The number of likely N-dealkylation sites (tertiary alicyclic amines) is 1. The first-order chi connectivity index (χ1) is 9.02. The summed E-state index contributed by atoms with van der Waals surface area (Å²) in [5.41, 5.74) is 0. The molecule has 3 N–H and O–H groups in total. The maximum Gasteiger partial charge on any atom is 0.321 e. The molecule has 19 heavy (non-hydrogen) atoms. The second kappa shape index (κ2) is 8.12. The van der Waals surface area contributed by atoms with Crippen molar-refractivity contribution in [2.75, 3.05) is 26.2 Å². The number of aliphatic hydroxyl groups is 1. The lowest BCUT2D eigenvalue weighted by molar-refractivity contribution is -0.121. The number of imide groups is 1. The summed E-state index contributed by atoms with van der Waals surface area (Å²) in [7, 11) is 0. The maximum absolute atomic E-state index is 11.7. The van der Waals surface area contributed by atoms with Crippen molar-refractivity contribution in [1.82, 2.24) is 15.5 Å². The standard InChI is InChI=1S/C13H25N3O3/c1-10(2)5-6-14-13(19)15-12(18)8-16-7-3-4-11(16)9-17/h10-11,17H,3-9H2,1-2H3,(H2,14,15,18,19)/t11-/m0/s1. The van der Waals surface area contributed by atoms with Gasteiger partial charge in [0.2, 0.25) is 5.91 Å². The topological polar surface area (TPSA) is 81.7 Å². The fourth-order valence-electron chi connectivity index (χ4n) is 2.18. The van der Waals surface area contributed by atoms with Gasteiger partial charge in [-0.3, -0.25) is 15.0 Å². The van der Waals surface area contributed by atoms with Gasteiger partial charge in [-0.1, -0.05) is 13.8 Å². The van der Waals surface area contributed by atoms with Gasteiger partial charge in [0.1, 0.15) is 0 Å². The number of hydrogen-bond acceptors (Lipinski definition) is 4. The van der Waals surface area contributed by atoms with Crippen molar-refractivity contribution >= 4 is 11.9 Å². The van der Waals surface area contributed by atoms with Crippen LogP contribution in [0.25, 0.3) is 0 Å². The van der Waals surface area contributed by atoms with E-state index >= 15 is 0 Å². The van der Waals surface area contributed by atoms with Crippen LogP contribution in [0, 0.1) is 5.92 Å². The third-order valence-electron chi connectivity index (χ3n) is 3.32. The molecule has 0 radical (unpaired) electrons. The van der Waals surface area contributed by atoms with Crippen LogP contribution in [0.5, 0.6) is 0 Å². The lowest BCUT2D eigenvalue weighted by Crippen LogP contribution is -2.46. The van der Waals surface area contributed by atoms with E-state index in [4.69, 9.17) is 5.11 Å². The van der Waals surface area contributed by atoms with E-state index in [1.54, 1.807) is 0 Å². The summed E-state index contributed by atoms with van der Waals surface area (Å²) in [6.07, 6.45) is 2.78. The summed E-state index contributed by atoms with van der Waals surface area (Å²) in [6.45, 7) is 5.75. The number of nitrogens with zero attached hydrogens (tertiary/aromatic N) is 1. The van der Waals surface area contributed by atoms with Crippen molar-refractivity contribution in [1.29, 1.82) is 0 Å². The Bertz CT molecular complexity index is 308. The fraction of sp³-hybridized carbons (Fsp3) is 0.846. The second-order valence-corrected chi connectivity index (χ2v) is 5.44. The Morgan fingerprint density at radius 3 is 2.79 bits per heavy atom. The van der Waals surface area contributed by atoms with Gasteiger partial charge in [0, 0.05) is 12.6 Å². The van der Waals surface area contributed by atoms with Gasteiger partial charge in [0.25, 0.3) is 0 Å². The van der Waals surface area contributed by atoms with Gasteiger partial charge in [-0.15, -0.1) is 0 Å². The summed E-state index contributed by atoms with van der Waals surface area (Å²) >= 11 is 0. The van der Waals surface area contributed by atoms with Crippen molar-refractivity contribution < 1.29 is 14.7 Å². The molecule has 0 aromatic rings. The fourth-order valence-corrected chi connectivity index (χ4v) is 2.18. The van der Waals surface area contributed by atoms with Crippen LogP contribution in [-0.4, -0.2) is 54.2 Å². The number of carbonyl (C=O) groups excluding carboxylic acids is 2. The van der Waals surface area contributed by atoms with Crippen LogP contribution < -0.4 is 10.6 Å². The lowest BCUT2D eigenvalue weighted by atomic mass is 10.1. The third kappa shape index (κ3) is 6.02. The minimum absolute atomic E-state index is 0.0507. The zero-order chi connectivity index (χ0) is 14.3. The monoisotopic (exact) mass is 271 g/mol. The molecule has 0 saturated carbocycles. The molecule has 0 spiro atoms. The summed E-state index contributed by atoms with van der Waals surface area (Å²) in [6, 6.07) is -0.389. The number of urea groups is 1. The quantitative estimate of drug-likeness (QED) is 0.649. The Hall–Kier alpha value is -1.14. The summed E-state index contributed by atoms with van der Waals surface area (Å²) < 4.78 is 0. The number of nitrogens with one attached hydrogen (secondary N) is 2. The molecule has 0 unspecified atom stereocenters. The first-order valence-electron chi connectivity index (χ1n) is 6.95. The number of carbonyl (C=O) groups is 2. The molecule has 0 aromatic heterocycles. The highest BCUT2D eigenvalue weighted by Gasteiger charge is 2.25. The summed E-state index contributed by atoms with van der Waals surface area (Å²) in [5, 5.41) is 14.1. The van der Waals surface area contributed by atoms with Crippen LogP contribution in [0.1, 0.15) is 33.1 Å². The Labute approximate surface area is 114 Å². The van der Waals surface area contributed by atoms with E-state index in [-0.39, 0.29) is 25.1 Å². The van der Waals surface area contributed by atoms with E-state index < -0.39 is 6.03 Å². The molecule has 3 amide bonds. The van der Waals surface area contributed by atoms with Gasteiger partial charge >= 0.3 is 6.03 Å². The van der Waals surface area contributed by atoms with E-state index in [0.717, 1.165) is 25.8 Å². The van der Waals surface area contributed by atoms with E-state index in [2.05, 4.69) is 24.5 Å². The molecule has 0 bridgehead atoms. The third-order valence-corrected chi connectivity index (χ3v) is 3.32. The number of rotatable bonds is 6. The predicted molar refractivity (Wildman–Crippen MR) is 72.7 cm³/mol. The average molecular weight is 271 g/mol. The Morgan fingerprint density at radius 1 is 1.42 bits per heavy atom. The van der Waals surface area contributed by atoms with Crippen LogP contribution in [-0.2, 0) is 4.79 Å². The number of hydrogen-bond donors (Lipinski definition) is 3. The molecule has 1 aliphatic heterocycles. The molecule has 1 atom stereocenters. The lowest BCUT2D eigenvalue weighted by Gasteiger charge is -2.21. The van der Waals surface area contributed by atoms with Gasteiger partial charge < -0.3 is 10.4 Å². The molecular formula is C13H25N3O3. The molecule has 1 saturated heterocycles. The van der Waals surface area contributed by atoms with Crippen LogP contribution >= 0.6 is 0 Å². The zero-order valence-corrected chi connectivity index (χ0v) is 11.8. The largest absolute Gasteiger partial charge is 0.395 e. The number of amides is 3. The second-order valence-electron chi connectivity index (χ2n) is 5.44. The van der Waals surface area contributed by atoms with Gasteiger partial charge in [-0.05, 0) is 31.7 Å².